The summed E-state index contributed by atoms with van der Waals surface area (Å²) < 4.78 is 0. The van der Waals surface area contributed by atoms with Gasteiger partial charge in [-0.2, -0.15) is 0 Å². The Labute approximate surface area is 68.3 Å². The van der Waals surface area contributed by atoms with Crippen molar-refractivity contribution >= 4 is 5.78 Å². The van der Waals surface area contributed by atoms with Gasteiger partial charge in [0.05, 0.1) is 6.04 Å². The Morgan fingerprint density at radius 1 is 1.64 bits per heavy atom. The largest absolute Gasteiger partial charge is 0.325 e. The molecule has 0 heterocycles. The number of hydrogen-bond acceptors (Lipinski definition) is 3. The molecule has 66 valence electrons. The molecule has 3 nitrogen and oxygen atoms in total. The number of Topliss-reactive ketones (excluding diaryl/α,β-unsaturated/α-hetero) is 1. The minimum absolute atomic E-state index is 0.102. The SMILES string of the molecule is CNC(CC(C)(C)N)C(C)=O. The molecule has 0 aliphatic carbocycles. The van der Waals surface area contributed by atoms with Gasteiger partial charge in [0.25, 0.3) is 0 Å². The normalized spacial score (nSPS) is 14.6. The molecule has 0 aromatic heterocycles. The van der Waals surface area contributed by atoms with Gasteiger partial charge in [0.1, 0.15) is 5.78 Å². The summed E-state index contributed by atoms with van der Waals surface area (Å²) in [5.74, 6) is 0.144. The van der Waals surface area contributed by atoms with E-state index in [0.29, 0.717) is 6.42 Å². The van der Waals surface area contributed by atoms with Crippen LogP contribution >= 0.6 is 0 Å². The Morgan fingerprint density at radius 2 is 2.09 bits per heavy atom. The van der Waals surface area contributed by atoms with Gasteiger partial charge in [-0.1, -0.05) is 0 Å². The number of nitrogens with two attached hydrogens (primary N) is 1. The number of carbonyl (C=O) groups is 1. The summed E-state index contributed by atoms with van der Waals surface area (Å²) >= 11 is 0. The van der Waals surface area contributed by atoms with Gasteiger partial charge in [0.2, 0.25) is 0 Å². The second-order valence-corrected chi connectivity index (χ2v) is 3.64. The summed E-state index contributed by atoms with van der Waals surface area (Å²) in [4.78, 5) is 10.9. The van der Waals surface area contributed by atoms with E-state index in [0.717, 1.165) is 0 Å². The molecule has 0 amide bonds. The van der Waals surface area contributed by atoms with Crippen LogP contribution in [0.25, 0.3) is 0 Å². The molecular weight excluding hydrogens is 140 g/mol. The molecule has 0 spiro atoms. The number of rotatable bonds is 4. The third kappa shape index (κ3) is 4.93. The summed E-state index contributed by atoms with van der Waals surface area (Å²) in [6, 6.07) is -0.102. The van der Waals surface area contributed by atoms with Gasteiger partial charge in [-0.3, -0.25) is 4.79 Å². The first-order valence-electron chi connectivity index (χ1n) is 3.83. The smallest absolute Gasteiger partial charge is 0.146 e. The van der Waals surface area contributed by atoms with Crippen LogP contribution in [0.5, 0.6) is 0 Å². The third-order valence-electron chi connectivity index (χ3n) is 1.57. The Balaban J connectivity index is 3.99. The molecule has 0 fully saturated rings. The minimum Gasteiger partial charge on any atom is -0.325 e. The van der Waals surface area contributed by atoms with Gasteiger partial charge in [-0.15, -0.1) is 0 Å². The van der Waals surface area contributed by atoms with Crippen molar-refractivity contribution in [2.75, 3.05) is 7.05 Å². The van der Waals surface area contributed by atoms with E-state index in [1.165, 1.54) is 0 Å². The number of likely N-dealkylation sites (N-methyl/N-ethyl adjacent to an activating group) is 1. The lowest BCUT2D eigenvalue weighted by molar-refractivity contribution is -0.119. The second-order valence-electron chi connectivity index (χ2n) is 3.64. The maximum Gasteiger partial charge on any atom is 0.146 e. The van der Waals surface area contributed by atoms with E-state index in [4.69, 9.17) is 5.73 Å². The zero-order chi connectivity index (χ0) is 9.07. The number of carbonyl (C=O) groups excluding carboxylic acids is 1. The monoisotopic (exact) mass is 158 g/mol. The van der Waals surface area contributed by atoms with Crippen molar-refractivity contribution in [3.63, 3.8) is 0 Å². The fraction of sp³-hybridized carbons (Fsp3) is 0.875. The standard InChI is InChI=1S/C8H18N2O/c1-6(11)7(10-4)5-8(2,3)9/h7,10H,5,9H2,1-4H3. The Hall–Kier alpha value is -0.410. The molecule has 1 unspecified atom stereocenters. The average Bonchev–Trinajstić information content (AvgIpc) is 1.80. The lowest BCUT2D eigenvalue weighted by Crippen LogP contribution is -2.43. The lowest BCUT2D eigenvalue weighted by Gasteiger charge is -2.23. The molecule has 0 aliphatic heterocycles. The van der Waals surface area contributed by atoms with Gasteiger partial charge in [0, 0.05) is 5.54 Å². The van der Waals surface area contributed by atoms with Crippen LogP contribution in [0.15, 0.2) is 0 Å². The number of ketones is 1. The number of nitrogens with one attached hydrogen (secondary N) is 1. The fourth-order valence-electron chi connectivity index (χ4n) is 0.975. The topological polar surface area (TPSA) is 55.1 Å². The maximum atomic E-state index is 10.9. The number of hydrogen-bond donors (Lipinski definition) is 2. The molecule has 0 radical (unpaired) electrons. The predicted octanol–water partition coefficient (Wildman–Crippen LogP) is 0.291. The molecule has 0 aromatic rings. The molecule has 3 N–H and O–H groups in total. The van der Waals surface area contributed by atoms with E-state index in [9.17, 15) is 4.79 Å². The van der Waals surface area contributed by atoms with E-state index in [2.05, 4.69) is 5.32 Å². The van der Waals surface area contributed by atoms with Crippen LogP contribution in [0.4, 0.5) is 0 Å². The highest BCUT2D eigenvalue weighted by molar-refractivity contribution is 5.81. The van der Waals surface area contributed by atoms with Crippen molar-refractivity contribution in [3.05, 3.63) is 0 Å². The molecular formula is C8H18N2O. The van der Waals surface area contributed by atoms with Crippen LogP contribution in [0.2, 0.25) is 0 Å². The predicted molar refractivity (Wildman–Crippen MR) is 46.4 cm³/mol. The first-order valence-corrected chi connectivity index (χ1v) is 3.83. The summed E-state index contributed by atoms with van der Waals surface area (Å²) in [5.41, 5.74) is 5.48. The van der Waals surface area contributed by atoms with Crippen molar-refractivity contribution in [3.8, 4) is 0 Å². The molecule has 1 atom stereocenters. The van der Waals surface area contributed by atoms with Crippen LogP contribution in [0.1, 0.15) is 27.2 Å². The van der Waals surface area contributed by atoms with Crippen LogP contribution in [0, 0.1) is 0 Å². The van der Waals surface area contributed by atoms with Crippen molar-refractivity contribution in [1.29, 1.82) is 0 Å². The lowest BCUT2D eigenvalue weighted by atomic mass is 9.95. The van der Waals surface area contributed by atoms with E-state index in [1.807, 2.05) is 13.8 Å². The fourth-order valence-corrected chi connectivity index (χ4v) is 0.975. The minimum atomic E-state index is -0.278. The Kier molecular flexibility index (Phi) is 3.69. The van der Waals surface area contributed by atoms with Crippen LogP contribution in [-0.2, 0) is 4.79 Å². The maximum absolute atomic E-state index is 10.9. The van der Waals surface area contributed by atoms with Crippen molar-refractivity contribution in [1.82, 2.24) is 5.32 Å². The van der Waals surface area contributed by atoms with Crippen LogP contribution in [0.3, 0.4) is 0 Å². The molecule has 3 heteroatoms. The van der Waals surface area contributed by atoms with Gasteiger partial charge < -0.3 is 11.1 Å². The van der Waals surface area contributed by atoms with Crippen LogP contribution < -0.4 is 11.1 Å². The summed E-state index contributed by atoms with van der Waals surface area (Å²) in [6.45, 7) is 5.41. The van der Waals surface area contributed by atoms with Crippen molar-refractivity contribution in [2.45, 2.75) is 38.8 Å². The zero-order valence-electron chi connectivity index (χ0n) is 7.77. The van der Waals surface area contributed by atoms with Crippen molar-refractivity contribution in [2.24, 2.45) is 5.73 Å². The second kappa shape index (κ2) is 3.83. The molecule has 0 bridgehead atoms. The van der Waals surface area contributed by atoms with E-state index in [1.54, 1.807) is 14.0 Å². The highest BCUT2D eigenvalue weighted by Gasteiger charge is 2.20. The first-order chi connectivity index (χ1) is 4.87. The summed E-state index contributed by atoms with van der Waals surface area (Å²) in [5, 5.41) is 2.93. The zero-order valence-corrected chi connectivity index (χ0v) is 7.77. The highest BCUT2D eigenvalue weighted by atomic mass is 16.1. The molecule has 0 rings (SSSR count). The molecule has 0 aliphatic rings. The van der Waals surface area contributed by atoms with Gasteiger partial charge >= 0.3 is 0 Å². The average molecular weight is 158 g/mol. The quantitative estimate of drug-likeness (QED) is 0.618. The molecule has 0 saturated heterocycles. The summed E-state index contributed by atoms with van der Waals surface area (Å²) in [6.07, 6.45) is 0.679. The van der Waals surface area contributed by atoms with Crippen molar-refractivity contribution < 1.29 is 4.79 Å². The Bertz CT molecular complexity index is 138. The van der Waals surface area contributed by atoms with E-state index >= 15 is 0 Å². The molecule has 11 heavy (non-hydrogen) atoms. The summed E-state index contributed by atoms with van der Waals surface area (Å²) in [7, 11) is 1.78. The highest BCUT2D eigenvalue weighted by Crippen LogP contribution is 2.07. The van der Waals surface area contributed by atoms with Gasteiger partial charge in [0.15, 0.2) is 0 Å². The third-order valence-corrected chi connectivity index (χ3v) is 1.57. The first kappa shape index (κ1) is 10.6. The Morgan fingerprint density at radius 3 is 2.18 bits per heavy atom. The van der Waals surface area contributed by atoms with Crippen LogP contribution in [-0.4, -0.2) is 24.4 Å². The van der Waals surface area contributed by atoms with Gasteiger partial charge in [-0.05, 0) is 34.2 Å². The van der Waals surface area contributed by atoms with E-state index in [-0.39, 0.29) is 17.4 Å². The molecule has 0 saturated carbocycles. The molecule has 0 aromatic carbocycles. The van der Waals surface area contributed by atoms with E-state index < -0.39 is 0 Å². The van der Waals surface area contributed by atoms with Gasteiger partial charge in [-0.25, -0.2) is 0 Å².